The molecule has 0 radical (unpaired) electrons. The minimum atomic E-state index is -3.70. The van der Waals surface area contributed by atoms with Crippen LogP contribution in [-0.4, -0.2) is 26.7 Å². The lowest BCUT2D eigenvalue weighted by atomic mass is 9.94. The van der Waals surface area contributed by atoms with Crippen LogP contribution in [-0.2, 0) is 14.8 Å². The second-order valence-corrected chi connectivity index (χ2v) is 10.5. The summed E-state index contributed by atoms with van der Waals surface area (Å²) in [4.78, 5) is 12.7. The van der Waals surface area contributed by atoms with Gasteiger partial charge in [0.2, 0.25) is 15.9 Å². The number of aryl methyl sites for hydroxylation is 3. The van der Waals surface area contributed by atoms with Crippen LogP contribution in [0.5, 0.6) is 11.5 Å². The van der Waals surface area contributed by atoms with Gasteiger partial charge in [-0.05, 0) is 56.9 Å². The minimum Gasteiger partial charge on any atom is -0.448 e. The third kappa shape index (κ3) is 4.76. The number of fused-ring (bicyclic) bond motifs is 1. The van der Waals surface area contributed by atoms with Crippen LogP contribution in [0.3, 0.4) is 0 Å². The Morgan fingerprint density at radius 2 is 1.62 bits per heavy atom. The lowest BCUT2D eigenvalue weighted by Crippen LogP contribution is -2.40. The molecule has 1 spiro atoms. The Hall–Kier alpha value is -2.58. The highest BCUT2D eigenvalue weighted by atomic mass is 32.2. The molecule has 4 rings (SSSR count). The number of carbonyl (C=O) groups excluding carboxylic acids is 1. The number of anilines is 1. The molecule has 2 N–H and O–H groups in total. The molecule has 7 nitrogen and oxygen atoms in total. The molecule has 1 fully saturated rings. The molecule has 8 heteroatoms. The SMILES string of the molecule is Cc1cc(C)c(S(=O)(=O)NCCC(=O)Nc2ccc3c(c2)OC2(CCCCC2)O3)c(C)c1. The Bertz CT molecular complexity index is 1110. The van der Waals surface area contributed by atoms with Crippen molar-refractivity contribution < 1.29 is 22.7 Å². The van der Waals surface area contributed by atoms with Crippen LogP contribution in [0.2, 0.25) is 0 Å². The van der Waals surface area contributed by atoms with E-state index in [1.807, 2.05) is 19.1 Å². The van der Waals surface area contributed by atoms with E-state index in [9.17, 15) is 13.2 Å². The molecular weight excluding hydrogens is 428 g/mol. The summed E-state index contributed by atoms with van der Waals surface area (Å²) in [7, 11) is -3.70. The van der Waals surface area contributed by atoms with E-state index in [0.717, 1.165) is 31.2 Å². The van der Waals surface area contributed by atoms with Gasteiger partial charge in [0.15, 0.2) is 11.5 Å². The van der Waals surface area contributed by atoms with Gasteiger partial charge in [0.25, 0.3) is 5.79 Å². The van der Waals surface area contributed by atoms with Gasteiger partial charge in [0.05, 0.1) is 4.90 Å². The number of amides is 1. The summed E-state index contributed by atoms with van der Waals surface area (Å²) < 4.78 is 40.1. The highest BCUT2D eigenvalue weighted by Gasteiger charge is 2.42. The molecule has 1 aliphatic heterocycles. The van der Waals surface area contributed by atoms with E-state index in [1.54, 1.807) is 32.0 Å². The van der Waals surface area contributed by atoms with E-state index in [-0.39, 0.29) is 23.8 Å². The number of nitrogens with one attached hydrogen (secondary N) is 2. The number of carbonyl (C=O) groups is 1. The summed E-state index contributed by atoms with van der Waals surface area (Å²) in [6.45, 7) is 5.49. The predicted molar refractivity (Wildman–Crippen MR) is 123 cm³/mol. The minimum absolute atomic E-state index is 0.00852. The van der Waals surface area contributed by atoms with E-state index in [1.165, 1.54) is 6.42 Å². The molecule has 172 valence electrons. The normalized spacial score (nSPS) is 16.8. The van der Waals surface area contributed by atoms with Crippen molar-refractivity contribution in [2.45, 2.75) is 70.0 Å². The Morgan fingerprint density at radius 3 is 2.31 bits per heavy atom. The van der Waals surface area contributed by atoms with Crippen LogP contribution < -0.4 is 19.5 Å². The van der Waals surface area contributed by atoms with Crippen molar-refractivity contribution >= 4 is 21.6 Å². The van der Waals surface area contributed by atoms with E-state index in [4.69, 9.17) is 9.47 Å². The van der Waals surface area contributed by atoms with Crippen molar-refractivity contribution in [1.82, 2.24) is 4.72 Å². The van der Waals surface area contributed by atoms with Gasteiger partial charge in [-0.25, -0.2) is 13.1 Å². The molecule has 2 aliphatic rings. The fourth-order valence-electron chi connectivity index (χ4n) is 4.65. The molecule has 1 amide bonds. The monoisotopic (exact) mass is 458 g/mol. The van der Waals surface area contributed by atoms with E-state index in [0.29, 0.717) is 28.3 Å². The molecule has 1 heterocycles. The number of ether oxygens (including phenoxy) is 2. The van der Waals surface area contributed by atoms with Crippen molar-refractivity contribution in [2.75, 3.05) is 11.9 Å². The molecule has 1 saturated carbocycles. The maximum atomic E-state index is 12.7. The molecule has 2 aromatic carbocycles. The molecule has 0 bridgehead atoms. The fourth-order valence-corrected chi connectivity index (χ4v) is 6.13. The van der Waals surface area contributed by atoms with Gasteiger partial charge in [-0.15, -0.1) is 0 Å². The van der Waals surface area contributed by atoms with Crippen LogP contribution in [0, 0.1) is 20.8 Å². The average molecular weight is 459 g/mol. The maximum absolute atomic E-state index is 12.7. The summed E-state index contributed by atoms with van der Waals surface area (Å²) in [6, 6.07) is 9.02. The third-order valence-corrected chi connectivity index (χ3v) is 7.72. The lowest BCUT2D eigenvalue weighted by Gasteiger charge is -2.31. The van der Waals surface area contributed by atoms with Crippen LogP contribution in [0.4, 0.5) is 5.69 Å². The molecular formula is C24H30N2O5S. The van der Waals surface area contributed by atoms with E-state index >= 15 is 0 Å². The fraction of sp³-hybridized carbons (Fsp3) is 0.458. The van der Waals surface area contributed by atoms with E-state index < -0.39 is 15.8 Å². The molecule has 0 saturated heterocycles. The number of hydrogen-bond donors (Lipinski definition) is 2. The summed E-state index contributed by atoms with van der Waals surface area (Å²) in [6.07, 6.45) is 5.09. The molecule has 1 aliphatic carbocycles. The average Bonchev–Trinajstić information content (AvgIpc) is 3.03. The zero-order valence-electron chi connectivity index (χ0n) is 18.8. The van der Waals surface area contributed by atoms with Gasteiger partial charge in [0, 0.05) is 37.6 Å². The molecule has 0 atom stereocenters. The smallest absolute Gasteiger partial charge is 0.251 e. The van der Waals surface area contributed by atoms with Crippen molar-refractivity contribution in [1.29, 1.82) is 0 Å². The number of sulfonamides is 1. The van der Waals surface area contributed by atoms with Gasteiger partial charge in [-0.2, -0.15) is 0 Å². The van der Waals surface area contributed by atoms with Crippen LogP contribution in [0.15, 0.2) is 35.2 Å². The second-order valence-electron chi connectivity index (χ2n) is 8.76. The van der Waals surface area contributed by atoms with Crippen molar-refractivity contribution in [3.05, 3.63) is 47.0 Å². The Labute approximate surface area is 189 Å². The molecule has 0 unspecified atom stereocenters. The topological polar surface area (TPSA) is 93.7 Å². The molecule has 0 aromatic heterocycles. The first-order valence-electron chi connectivity index (χ1n) is 11.1. The lowest BCUT2D eigenvalue weighted by molar-refractivity contribution is -0.116. The second kappa shape index (κ2) is 8.75. The Morgan fingerprint density at radius 1 is 0.969 bits per heavy atom. The van der Waals surface area contributed by atoms with Gasteiger partial charge in [0.1, 0.15) is 0 Å². The van der Waals surface area contributed by atoms with E-state index in [2.05, 4.69) is 10.0 Å². The van der Waals surface area contributed by atoms with Crippen molar-refractivity contribution in [3.8, 4) is 11.5 Å². The zero-order valence-corrected chi connectivity index (χ0v) is 19.6. The predicted octanol–water partition coefficient (Wildman–Crippen LogP) is 4.35. The highest BCUT2D eigenvalue weighted by molar-refractivity contribution is 7.89. The molecule has 32 heavy (non-hydrogen) atoms. The van der Waals surface area contributed by atoms with Crippen LogP contribution in [0.1, 0.15) is 55.2 Å². The first kappa shape index (κ1) is 22.6. The zero-order chi connectivity index (χ0) is 22.9. The van der Waals surface area contributed by atoms with Gasteiger partial charge < -0.3 is 14.8 Å². The Kier molecular flexibility index (Phi) is 6.18. The van der Waals surface area contributed by atoms with Crippen molar-refractivity contribution in [3.63, 3.8) is 0 Å². The number of benzene rings is 2. The number of rotatable bonds is 6. The standard InChI is InChI=1S/C24H30N2O5S/c1-16-13-17(2)23(18(3)14-16)32(28,29)25-12-9-22(27)26-19-7-8-20-21(15-19)31-24(30-20)10-5-4-6-11-24/h7-8,13-15,25H,4-6,9-12H2,1-3H3,(H,26,27). The van der Waals surface area contributed by atoms with Gasteiger partial charge in [-0.3, -0.25) is 4.79 Å². The summed E-state index contributed by atoms with van der Waals surface area (Å²) in [5.74, 6) is 0.488. The van der Waals surface area contributed by atoms with Gasteiger partial charge >= 0.3 is 0 Å². The summed E-state index contributed by atoms with van der Waals surface area (Å²) in [5.41, 5.74) is 2.99. The third-order valence-electron chi connectivity index (χ3n) is 5.95. The highest BCUT2D eigenvalue weighted by Crippen LogP contribution is 2.46. The summed E-state index contributed by atoms with van der Waals surface area (Å²) >= 11 is 0. The largest absolute Gasteiger partial charge is 0.448 e. The van der Waals surface area contributed by atoms with Gasteiger partial charge in [-0.1, -0.05) is 24.1 Å². The number of hydrogen-bond acceptors (Lipinski definition) is 5. The maximum Gasteiger partial charge on any atom is 0.251 e. The van der Waals surface area contributed by atoms with Crippen LogP contribution >= 0.6 is 0 Å². The Balaban J connectivity index is 1.33. The van der Waals surface area contributed by atoms with Crippen LogP contribution in [0.25, 0.3) is 0 Å². The first-order valence-corrected chi connectivity index (χ1v) is 12.6. The molecule has 2 aromatic rings. The van der Waals surface area contributed by atoms with Crippen molar-refractivity contribution in [2.24, 2.45) is 0 Å². The first-order chi connectivity index (χ1) is 15.2. The summed E-state index contributed by atoms with van der Waals surface area (Å²) in [5, 5.41) is 2.81. The quantitative estimate of drug-likeness (QED) is 0.671.